The third kappa shape index (κ3) is 3.24. The Morgan fingerprint density at radius 1 is 1.42 bits per heavy atom. The van der Waals surface area contributed by atoms with Crippen molar-refractivity contribution in [2.45, 2.75) is 23.6 Å². The van der Waals surface area contributed by atoms with Gasteiger partial charge in [-0.3, -0.25) is 4.79 Å². The van der Waals surface area contributed by atoms with E-state index < -0.39 is 32.2 Å². The second-order valence-corrected chi connectivity index (χ2v) is 8.16. The number of carbonyl (C=O) groups is 2. The fourth-order valence-electron chi connectivity index (χ4n) is 2.14. The van der Waals surface area contributed by atoms with Crippen molar-refractivity contribution in [2.75, 3.05) is 7.11 Å². The van der Waals surface area contributed by atoms with Crippen molar-refractivity contribution in [3.05, 3.63) is 39.9 Å². The van der Waals surface area contributed by atoms with Crippen LogP contribution in [0.1, 0.15) is 23.7 Å². The Hall–Kier alpha value is -1.71. The smallest absolute Gasteiger partial charge is 0.339 e. The number of ether oxygens (including phenoxy) is 1. The van der Waals surface area contributed by atoms with Crippen LogP contribution in [0.25, 0.3) is 0 Å². The van der Waals surface area contributed by atoms with Crippen molar-refractivity contribution < 1.29 is 22.7 Å². The molecule has 1 unspecified atom stereocenters. The molecule has 10 heteroatoms. The Morgan fingerprint density at radius 3 is 2.62 bits per heavy atom. The van der Waals surface area contributed by atoms with E-state index in [9.17, 15) is 18.0 Å². The number of methoxy groups -OCH3 is 1. The van der Waals surface area contributed by atoms with Crippen LogP contribution in [0.15, 0.2) is 34.2 Å². The monoisotopic (exact) mass is 390 g/mol. The van der Waals surface area contributed by atoms with E-state index in [0.717, 1.165) is 23.2 Å². The van der Waals surface area contributed by atoms with Crippen LogP contribution in [0, 0.1) is 0 Å². The highest BCUT2D eigenvalue weighted by Crippen LogP contribution is 2.40. The number of thioether (sulfide) groups is 1. The Bertz CT molecular complexity index is 822. The van der Waals surface area contributed by atoms with Crippen molar-refractivity contribution in [1.82, 2.24) is 4.31 Å². The van der Waals surface area contributed by atoms with Crippen LogP contribution in [0.3, 0.4) is 0 Å². The number of primary amides is 1. The van der Waals surface area contributed by atoms with E-state index in [4.69, 9.17) is 17.3 Å². The molecule has 2 N–H and O–H groups in total. The Labute approximate surface area is 148 Å². The average molecular weight is 391 g/mol. The van der Waals surface area contributed by atoms with Crippen LogP contribution in [-0.2, 0) is 19.6 Å². The molecule has 1 aliphatic heterocycles. The standard InChI is InChI=1S/C14H15ClN2O5S2/c1-3-8-7-17(13(23-8)12(16)18)24(20,21)11-9(14(19)22-2)5-4-6-10(11)15/h4-7,13H,3H2,1-2H3,(H2,16,18). The first-order valence-corrected chi connectivity index (χ1v) is 9.50. The van der Waals surface area contributed by atoms with Gasteiger partial charge in [0.15, 0.2) is 5.37 Å². The van der Waals surface area contributed by atoms with Crippen molar-refractivity contribution in [3.63, 3.8) is 0 Å². The predicted octanol–water partition coefficient (Wildman–Crippen LogP) is 1.93. The summed E-state index contributed by atoms with van der Waals surface area (Å²) in [6.07, 6.45) is 1.87. The summed E-state index contributed by atoms with van der Waals surface area (Å²) in [7, 11) is -3.16. The van der Waals surface area contributed by atoms with Crippen molar-refractivity contribution in [3.8, 4) is 0 Å². The van der Waals surface area contributed by atoms with Gasteiger partial charge in [-0.2, -0.15) is 0 Å². The topological polar surface area (TPSA) is 107 Å². The summed E-state index contributed by atoms with van der Waals surface area (Å²) in [6, 6.07) is 4.07. The number of hydrogen-bond acceptors (Lipinski definition) is 6. The molecule has 0 spiro atoms. The van der Waals surface area contributed by atoms with Crippen LogP contribution in [0.4, 0.5) is 0 Å². The second-order valence-electron chi connectivity index (χ2n) is 4.76. The molecule has 0 saturated heterocycles. The van der Waals surface area contributed by atoms with E-state index >= 15 is 0 Å². The van der Waals surface area contributed by atoms with E-state index in [0.29, 0.717) is 11.3 Å². The molecule has 1 aromatic carbocycles. The second kappa shape index (κ2) is 7.04. The third-order valence-corrected chi connectivity index (χ3v) is 7.03. The lowest BCUT2D eigenvalue weighted by molar-refractivity contribution is -0.118. The van der Waals surface area contributed by atoms with Gasteiger partial charge in [0.05, 0.1) is 17.7 Å². The molecule has 2 rings (SSSR count). The number of esters is 1. The van der Waals surface area contributed by atoms with Gasteiger partial charge in [-0.15, -0.1) is 0 Å². The zero-order valence-corrected chi connectivity index (χ0v) is 15.2. The summed E-state index contributed by atoms with van der Waals surface area (Å²) >= 11 is 7.08. The van der Waals surface area contributed by atoms with E-state index in [-0.39, 0.29) is 10.6 Å². The van der Waals surface area contributed by atoms with Crippen LogP contribution >= 0.6 is 23.4 Å². The highest BCUT2D eigenvalue weighted by atomic mass is 35.5. The summed E-state index contributed by atoms with van der Waals surface area (Å²) in [6.45, 7) is 1.82. The average Bonchev–Trinajstić information content (AvgIpc) is 2.99. The van der Waals surface area contributed by atoms with Gasteiger partial charge in [0, 0.05) is 11.1 Å². The predicted molar refractivity (Wildman–Crippen MR) is 90.8 cm³/mol. The minimum Gasteiger partial charge on any atom is -0.465 e. The number of sulfonamides is 1. The number of benzene rings is 1. The molecule has 1 atom stereocenters. The maximum Gasteiger partial charge on any atom is 0.339 e. The van der Waals surface area contributed by atoms with E-state index in [2.05, 4.69) is 4.74 Å². The first-order valence-electron chi connectivity index (χ1n) is 6.81. The van der Waals surface area contributed by atoms with Gasteiger partial charge in [-0.05, 0) is 18.6 Å². The van der Waals surface area contributed by atoms with E-state index in [1.54, 1.807) is 0 Å². The molecule has 24 heavy (non-hydrogen) atoms. The minimum atomic E-state index is -4.29. The van der Waals surface area contributed by atoms with Crippen LogP contribution in [0.2, 0.25) is 5.02 Å². The Kier molecular flexibility index (Phi) is 5.46. The Morgan fingerprint density at radius 2 is 2.08 bits per heavy atom. The molecule has 1 aliphatic rings. The van der Waals surface area contributed by atoms with Gasteiger partial charge < -0.3 is 10.5 Å². The number of nitrogens with two attached hydrogens (primary N) is 1. The molecule has 0 bridgehead atoms. The summed E-state index contributed by atoms with van der Waals surface area (Å²) in [5.41, 5.74) is 5.11. The van der Waals surface area contributed by atoms with Crippen LogP contribution in [-0.4, -0.2) is 37.1 Å². The fraction of sp³-hybridized carbons (Fsp3) is 0.286. The lowest BCUT2D eigenvalue weighted by atomic mass is 10.2. The van der Waals surface area contributed by atoms with Crippen LogP contribution in [0.5, 0.6) is 0 Å². The third-order valence-electron chi connectivity index (χ3n) is 3.27. The molecule has 0 aliphatic carbocycles. The molecule has 1 aromatic rings. The molecular formula is C14H15ClN2O5S2. The molecule has 0 radical (unpaired) electrons. The summed E-state index contributed by atoms with van der Waals surface area (Å²) in [4.78, 5) is 23.8. The normalized spacial score (nSPS) is 17.5. The molecule has 1 heterocycles. The lowest BCUT2D eigenvalue weighted by Gasteiger charge is -2.23. The van der Waals surface area contributed by atoms with Gasteiger partial charge >= 0.3 is 5.97 Å². The zero-order valence-electron chi connectivity index (χ0n) is 12.9. The lowest BCUT2D eigenvalue weighted by Crippen LogP contribution is -2.41. The molecule has 7 nitrogen and oxygen atoms in total. The first-order chi connectivity index (χ1) is 11.2. The molecule has 0 saturated carbocycles. The number of amides is 1. The molecule has 1 amide bonds. The molecule has 0 fully saturated rings. The van der Waals surface area contributed by atoms with Crippen molar-refractivity contribution >= 4 is 45.3 Å². The molecule has 130 valence electrons. The zero-order chi connectivity index (χ0) is 18.1. The first kappa shape index (κ1) is 18.6. The summed E-state index contributed by atoms with van der Waals surface area (Å²) < 4.78 is 31.5. The van der Waals surface area contributed by atoms with E-state index in [1.807, 2.05) is 6.92 Å². The van der Waals surface area contributed by atoms with Crippen LogP contribution < -0.4 is 5.73 Å². The maximum absolute atomic E-state index is 13.0. The number of allylic oxidation sites excluding steroid dienone is 1. The highest BCUT2D eigenvalue weighted by Gasteiger charge is 2.40. The van der Waals surface area contributed by atoms with Gasteiger partial charge in [0.1, 0.15) is 4.90 Å². The van der Waals surface area contributed by atoms with Gasteiger partial charge in [-0.25, -0.2) is 17.5 Å². The highest BCUT2D eigenvalue weighted by molar-refractivity contribution is 8.05. The van der Waals surface area contributed by atoms with E-state index in [1.165, 1.54) is 24.4 Å². The Balaban J connectivity index is 2.65. The molecule has 0 aromatic heterocycles. The summed E-state index contributed by atoms with van der Waals surface area (Å²) in [5, 5.41) is -1.28. The van der Waals surface area contributed by atoms with Gasteiger partial charge in [0.25, 0.3) is 15.9 Å². The molecular weight excluding hydrogens is 376 g/mol. The number of rotatable bonds is 5. The SMILES string of the molecule is CCC1=CN(S(=O)(=O)c2c(Cl)cccc2C(=O)OC)C(C(N)=O)S1. The van der Waals surface area contributed by atoms with Crippen molar-refractivity contribution in [1.29, 1.82) is 0 Å². The summed E-state index contributed by atoms with van der Waals surface area (Å²) in [5.74, 6) is -1.66. The number of carbonyl (C=O) groups excluding carboxylic acids is 2. The quantitative estimate of drug-likeness (QED) is 0.770. The minimum absolute atomic E-state index is 0.149. The van der Waals surface area contributed by atoms with Gasteiger partial charge in [-0.1, -0.05) is 36.4 Å². The maximum atomic E-state index is 13.0. The number of hydrogen-bond donors (Lipinski definition) is 1. The number of nitrogens with zero attached hydrogens (tertiary/aromatic N) is 1. The fourth-order valence-corrected chi connectivity index (χ4v) is 5.62. The largest absolute Gasteiger partial charge is 0.465 e. The van der Waals surface area contributed by atoms with Gasteiger partial charge in [0.2, 0.25) is 0 Å². The number of halogens is 1. The van der Waals surface area contributed by atoms with Crippen molar-refractivity contribution in [2.24, 2.45) is 5.73 Å².